The summed E-state index contributed by atoms with van der Waals surface area (Å²) in [6.45, 7) is 21.8. The fourth-order valence-electron chi connectivity index (χ4n) is 7.74. The summed E-state index contributed by atoms with van der Waals surface area (Å²) in [6, 6.07) is 54.9. The zero-order chi connectivity index (χ0) is 40.9. The van der Waals surface area contributed by atoms with Crippen molar-refractivity contribution in [1.82, 2.24) is 0 Å². The lowest BCUT2D eigenvalue weighted by Gasteiger charge is -2.29. The summed E-state index contributed by atoms with van der Waals surface area (Å²) in [7, 11) is -4.70. The summed E-state index contributed by atoms with van der Waals surface area (Å²) in [5.74, 6) is 0. The molecule has 0 bridgehead atoms. The molecule has 0 heterocycles. The van der Waals surface area contributed by atoms with Crippen molar-refractivity contribution in [1.29, 1.82) is 0 Å². The molecule has 288 valence electrons. The SMILES string of the molecule is C[Si](C)(C)c1ccc(-c2c(-c3ccc(Cl)cc3)c(-c3ccc([Si](C)(C)C)cc3)c(-c3ccc(Br)cc3)c(-c3ccc([Si](C)(C)C)cc3)c2-c2ccc(Br)cc2)cc1. The van der Waals surface area contributed by atoms with E-state index in [9.17, 15) is 0 Å². The average molecular weight is 943 g/mol. The van der Waals surface area contributed by atoms with E-state index in [1.807, 2.05) is 12.1 Å². The van der Waals surface area contributed by atoms with E-state index in [0.717, 1.165) is 19.5 Å². The fourth-order valence-corrected chi connectivity index (χ4v) is 11.9. The van der Waals surface area contributed by atoms with Gasteiger partial charge in [-0.25, -0.2) is 0 Å². The van der Waals surface area contributed by atoms with E-state index in [2.05, 4.69) is 224 Å². The van der Waals surface area contributed by atoms with Crippen LogP contribution >= 0.6 is 43.5 Å². The summed E-state index contributed by atoms with van der Waals surface area (Å²) in [6.07, 6.45) is 0. The number of halogens is 3. The lowest BCUT2D eigenvalue weighted by Crippen LogP contribution is -2.37. The van der Waals surface area contributed by atoms with Crippen molar-refractivity contribution in [2.75, 3.05) is 0 Å². The predicted octanol–water partition coefficient (Wildman–Crippen LogP) is 15.5. The van der Waals surface area contributed by atoms with Gasteiger partial charge in [0.2, 0.25) is 0 Å². The van der Waals surface area contributed by atoms with Crippen LogP contribution in [-0.2, 0) is 0 Å². The smallest absolute Gasteiger partial charge is 0.0775 e. The molecule has 0 radical (unpaired) electrons. The molecule has 0 nitrogen and oxygen atoms in total. The number of hydrogen-bond donors (Lipinski definition) is 0. The van der Waals surface area contributed by atoms with Crippen LogP contribution in [0.25, 0.3) is 66.8 Å². The van der Waals surface area contributed by atoms with Crippen molar-refractivity contribution in [2.45, 2.75) is 58.9 Å². The third-order valence-electron chi connectivity index (χ3n) is 11.0. The molecule has 0 spiro atoms. The summed E-state index contributed by atoms with van der Waals surface area (Å²) in [5.41, 5.74) is 14.4. The van der Waals surface area contributed by atoms with Gasteiger partial charge in [0, 0.05) is 14.0 Å². The predicted molar refractivity (Wildman–Crippen MR) is 268 cm³/mol. The van der Waals surface area contributed by atoms with Crippen molar-refractivity contribution >= 4 is 83.2 Å². The second-order valence-electron chi connectivity index (χ2n) is 18.3. The maximum absolute atomic E-state index is 6.67. The Bertz CT molecular complexity index is 2210. The molecule has 7 aromatic rings. The second kappa shape index (κ2) is 16.2. The first-order valence-corrected chi connectivity index (χ1v) is 32.2. The van der Waals surface area contributed by atoms with E-state index in [-0.39, 0.29) is 0 Å². The lowest BCUT2D eigenvalue weighted by atomic mass is 9.74. The molecule has 0 saturated carbocycles. The van der Waals surface area contributed by atoms with Gasteiger partial charge < -0.3 is 0 Å². The maximum atomic E-state index is 6.67. The molecule has 0 unspecified atom stereocenters. The van der Waals surface area contributed by atoms with Gasteiger partial charge in [-0.2, -0.15) is 0 Å². The highest BCUT2D eigenvalue weighted by Crippen LogP contribution is 2.56. The number of rotatable bonds is 9. The Morgan fingerprint density at radius 3 is 0.649 bits per heavy atom. The van der Waals surface area contributed by atoms with Crippen LogP contribution in [0, 0.1) is 0 Å². The molecule has 0 saturated heterocycles. The molecule has 7 aromatic carbocycles. The van der Waals surface area contributed by atoms with Crippen molar-refractivity contribution in [3.63, 3.8) is 0 Å². The molecule has 0 aromatic heterocycles. The van der Waals surface area contributed by atoms with E-state index in [4.69, 9.17) is 11.6 Å². The second-order valence-corrected chi connectivity index (χ2v) is 35.8. The molecule has 57 heavy (non-hydrogen) atoms. The quantitative estimate of drug-likeness (QED) is 0.127. The highest BCUT2D eigenvalue weighted by Gasteiger charge is 2.30. The molecule has 0 fully saturated rings. The molecule has 7 rings (SSSR count). The summed E-state index contributed by atoms with van der Waals surface area (Å²) in [4.78, 5) is 0. The Hall–Kier alpha value is -3.56. The van der Waals surface area contributed by atoms with Gasteiger partial charge in [0.05, 0.1) is 24.2 Å². The van der Waals surface area contributed by atoms with Crippen molar-refractivity contribution in [3.8, 4) is 66.8 Å². The van der Waals surface area contributed by atoms with Gasteiger partial charge in [0.25, 0.3) is 0 Å². The first kappa shape index (κ1) is 41.6. The molecule has 0 aliphatic carbocycles. The average Bonchev–Trinajstić information content (AvgIpc) is 3.17. The monoisotopic (exact) mass is 940 g/mol. The zero-order valence-electron chi connectivity index (χ0n) is 34.5. The zero-order valence-corrected chi connectivity index (χ0v) is 41.4. The molecule has 0 aliphatic heterocycles. The highest BCUT2D eigenvalue weighted by molar-refractivity contribution is 9.10. The molecular formula is C51H51Br2ClSi3. The Morgan fingerprint density at radius 2 is 0.456 bits per heavy atom. The molecule has 0 atom stereocenters. The van der Waals surface area contributed by atoms with Crippen LogP contribution in [-0.4, -0.2) is 24.2 Å². The third kappa shape index (κ3) is 8.90. The van der Waals surface area contributed by atoms with Crippen LogP contribution in [0.3, 0.4) is 0 Å². The van der Waals surface area contributed by atoms with E-state index < -0.39 is 24.2 Å². The minimum atomic E-state index is -1.57. The van der Waals surface area contributed by atoms with Crippen LogP contribution in [0.1, 0.15) is 0 Å². The molecular weight excluding hydrogens is 892 g/mol. The maximum Gasteiger partial charge on any atom is 0.0775 e. The first-order chi connectivity index (χ1) is 26.9. The molecule has 0 N–H and O–H groups in total. The highest BCUT2D eigenvalue weighted by atomic mass is 79.9. The lowest BCUT2D eigenvalue weighted by molar-refractivity contribution is 1.51. The first-order valence-electron chi connectivity index (χ1n) is 19.7. The Kier molecular flexibility index (Phi) is 11.9. The molecule has 0 aliphatic rings. The van der Waals surface area contributed by atoms with Gasteiger partial charge >= 0.3 is 0 Å². The minimum Gasteiger partial charge on any atom is -0.0843 e. The minimum absolute atomic E-state index is 0.723. The van der Waals surface area contributed by atoms with E-state index in [0.29, 0.717) is 0 Å². The van der Waals surface area contributed by atoms with Gasteiger partial charge in [-0.15, -0.1) is 0 Å². The Balaban J connectivity index is 1.78. The van der Waals surface area contributed by atoms with Crippen molar-refractivity contribution < 1.29 is 0 Å². The molecule has 0 amide bonds. The summed E-state index contributed by atoms with van der Waals surface area (Å²) in [5, 5.41) is 5.06. The number of benzene rings is 7. The van der Waals surface area contributed by atoms with Gasteiger partial charge in [-0.05, 0) is 103 Å². The van der Waals surface area contributed by atoms with Crippen LogP contribution < -0.4 is 15.6 Å². The van der Waals surface area contributed by atoms with Gasteiger partial charge in [0.15, 0.2) is 0 Å². The summed E-state index contributed by atoms with van der Waals surface area (Å²) < 4.78 is 2.11. The van der Waals surface area contributed by atoms with Gasteiger partial charge in [-0.3, -0.25) is 0 Å². The van der Waals surface area contributed by atoms with Crippen molar-refractivity contribution in [3.05, 3.63) is 160 Å². The third-order valence-corrected chi connectivity index (χ3v) is 18.5. The normalized spacial score (nSPS) is 12.2. The fraction of sp³-hybridized carbons (Fsp3) is 0.176. The summed E-state index contributed by atoms with van der Waals surface area (Å²) >= 11 is 14.2. The van der Waals surface area contributed by atoms with E-state index in [1.165, 1.54) is 76.8 Å². The Labute approximate surface area is 365 Å². The number of hydrogen-bond acceptors (Lipinski definition) is 0. The van der Waals surface area contributed by atoms with E-state index >= 15 is 0 Å². The van der Waals surface area contributed by atoms with Crippen LogP contribution in [0.15, 0.2) is 155 Å². The van der Waals surface area contributed by atoms with Crippen LogP contribution in [0.5, 0.6) is 0 Å². The molecule has 6 heteroatoms. The van der Waals surface area contributed by atoms with Crippen LogP contribution in [0.4, 0.5) is 0 Å². The Morgan fingerprint density at radius 1 is 0.281 bits per heavy atom. The topological polar surface area (TPSA) is 0 Å². The van der Waals surface area contributed by atoms with Crippen LogP contribution in [0.2, 0.25) is 63.9 Å². The van der Waals surface area contributed by atoms with Gasteiger partial charge in [0.1, 0.15) is 0 Å². The van der Waals surface area contributed by atoms with E-state index in [1.54, 1.807) is 0 Å². The largest absolute Gasteiger partial charge is 0.0843 e. The standard InChI is InChI=1S/C51H51Br2ClSi3/c1-55(2,3)43-28-16-37(17-29-43)49-46(34-10-22-40(52)23-11-34)50(38-18-30-44(31-19-38)56(4,5)6)48(36-14-26-42(54)27-15-36)51(47(49)35-12-24-41(53)25-13-35)39-20-32-45(33-21-39)57(7,8)9/h10-33H,1-9H3. The van der Waals surface area contributed by atoms with Crippen molar-refractivity contribution in [2.24, 2.45) is 0 Å². The van der Waals surface area contributed by atoms with Gasteiger partial charge in [-0.1, -0.05) is 227 Å².